The Kier molecular flexibility index (Phi) is 5.36. The smallest absolute Gasteiger partial charge is 0.241 e. The van der Waals surface area contributed by atoms with E-state index in [2.05, 4.69) is 4.72 Å². The van der Waals surface area contributed by atoms with Gasteiger partial charge in [0, 0.05) is 10.0 Å². The Bertz CT molecular complexity index is 541. The molecule has 0 aliphatic rings. The third kappa shape index (κ3) is 4.07. The van der Waals surface area contributed by atoms with E-state index in [1.54, 1.807) is 6.92 Å². The molecule has 0 aromatic heterocycles. The van der Waals surface area contributed by atoms with Crippen LogP contribution in [0, 0.1) is 0 Å². The van der Waals surface area contributed by atoms with E-state index < -0.39 is 16.1 Å². The van der Waals surface area contributed by atoms with E-state index in [4.69, 9.17) is 41.2 Å². The lowest BCUT2D eigenvalue weighted by Crippen LogP contribution is -2.42. The molecule has 0 aliphatic carbocycles. The standard InChI is InChI=1S/C10H12Cl2N2O2S2/c1-2-9(10(13)17)14-18(15,16)8-4-6(11)3-7(12)5-8/h3-5,9,14H,2H2,1H3,(H2,13,17). The highest BCUT2D eigenvalue weighted by atomic mass is 35.5. The van der Waals surface area contributed by atoms with E-state index in [1.165, 1.54) is 18.2 Å². The molecular formula is C10H12Cl2N2O2S2. The van der Waals surface area contributed by atoms with Crippen LogP contribution in [0.15, 0.2) is 23.1 Å². The van der Waals surface area contributed by atoms with Crippen molar-refractivity contribution in [1.82, 2.24) is 4.72 Å². The molecule has 0 amide bonds. The predicted octanol–water partition coefficient (Wildman–Crippen LogP) is 2.34. The molecule has 0 bridgehead atoms. The van der Waals surface area contributed by atoms with Gasteiger partial charge in [-0.1, -0.05) is 42.3 Å². The summed E-state index contributed by atoms with van der Waals surface area (Å²) in [7, 11) is -3.75. The maximum Gasteiger partial charge on any atom is 0.241 e. The molecule has 3 N–H and O–H groups in total. The minimum atomic E-state index is -3.75. The van der Waals surface area contributed by atoms with Crippen molar-refractivity contribution in [2.24, 2.45) is 5.73 Å². The van der Waals surface area contributed by atoms with Crippen LogP contribution in [0.4, 0.5) is 0 Å². The zero-order valence-electron chi connectivity index (χ0n) is 9.48. The lowest BCUT2D eigenvalue weighted by Gasteiger charge is -2.15. The number of nitrogens with two attached hydrogens (primary N) is 1. The minimum Gasteiger partial charge on any atom is -0.392 e. The van der Waals surface area contributed by atoms with Crippen LogP contribution < -0.4 is 10.5 Å². The number of rotatable bonds is 5. The van der Waals surface area contributed by atoms with Gasteiger partial charge in [-0.05, 0) is 24.6 Å². The maximum atomic E-state index is 12.1. The van der Waals surface area contributed by atoms with Gasteiger partial charge in [0.1, 0.15) is 0 Å². The first-order valence-corrected chi connectivity index (χ1v) is 7.68. The highest BCUT2D eigenvalue weighted by Gasteiger charge is 2.21. The Labute approximate surface area is 122 Å². The Morgan fingerprint density at radius 2 is 1.89 bits per heavy atom. The predicted molar refractivity (Wildman–Crippen MR) is 77.6 cm³/mol. The number of benzene rings is 1. The number of thiocarbonyl (C=S) groups is 1. The quantitative estimate of drug-likeness (QED) is 0.814. The second kappa shape index (κ2) is 6.16. The molecule has 18 heavy (non-hydrogen) atoms. The van der Waals surface area contributed by atoms with E-state index in [9.17, 15) is 8.42 Å². The molecule has 1 unspecified atom stereocenters. The third-order valence-corrected chi connectivity index (χ3v) is 4.37. The van der Waals surface area contributed by atoms with Crippen molar-refractivity contribution < 1.29 is 8.42 Å². The molecule has 1 rings (SSSR count). The van der Waals surface area contributed by atoms with Gasteiger partial charge in [-0.3, -0.25) is 0 Å². The number of hydrogen-bond acceptors (Lipinski definition) is 3. The number of nitrogens with one attached hydrogen (secondary N) is 1. The molecule has 4 nitrogen and oxygen atoms in total. The van der Waals surface area contributed by atoms with Gasteiger partial charge in [0.25, 0.3) is 0 Å². The van der Waals surface area contributed by atoms with Crippen molar-refractivity contribution in [1.29, 1.82) is 0 Å². The maximum absolute atomic E-state index is 12.1. The highest BCUT2D eigenvalue weighted by molar-refractivity contribution is 7.89. The molecule has 1 aromatic carbocycles. The van der Waals surface area contributed by atoms with E-state index in [0.717, 1.165) is 0 Å². The highest BCUT2D eigenvalue weighted by Crippen LogP contribution is 2.22. The molecule has 100 valence electrons. The lowest BCUT2D eigenvalue weighted by molar-refractivity contribution is 0.572. The van der Waals surface area contributed by atoms with Crippen molar-refractivity contribution in [2.75, 3.05) is 0 Å². The van der Waals surface area contributed by atoms with Gasteiger partial charge >= 0.3 is 0 Å². The van der Waals surface area contributed by atoms with Crippen LogP contribution in [0.3, 0.4) is 0 Å². The van der Waals surface area contributed by atoms with E-state index in [-0.39, 0.29) is 19.9 Å². The molecule has 8 heteroatoms. The van der Waals surface area contributed by atoms with Gasteiger partial charge in [0.05, 0.1) is 15.9 Å². The fourth-order valence-electron chi connectivity index (χ4n) is 1.28. The zero-order valence-corrected chi connectivity index (χ0v) is 12.6. The molecule has 0 aliphatic heterocycles. The van der Waals surface area contributed by atoms with Crippen LogP contribution in [0.2, 0.25) is 10.0 Å². The summed E-state index contributed by atoms with van der Waals surface area (Å²) in [6.07, 6.45) is 0.461. The largest absolute Gasteiger partial charge is 0.392 e. The fourth-order valence-corrected chi connectivity index (χ4v) is 3.61. The molecule has 0 saturated heterocycles. The van der Waals surface area contributed by atoms with Crippen molar-refractivity contribution in [3.63, 3.8) is 0 Å². The van der Waals surface area contributed by atoms with Crippen molar-refractivity contribution in [3.8, 4) is 0 Å². The first kappa shape index (κ1) is 15.7. The first-order valence-electron chi connectivity index (χ1n) is 5.04. The molecular weight excluding hydrogens is 315 g/mol. The average molecular weight is 327 g/mol. The van der Waals surface area contributed by atoms with Gasteiger partial charge in [0.15, 0.2) is 0 Å². The zero-order chi connectivity index (χ0) is 13.9. The summed E-state index contributed by atoms with van der Waals surface area (Å²) in [5.74, 6) is 0. The summed E-state index contributed by atoms with van der Waals surface area (Å²) in [5.41, 5.74) is 5.44. The van der Waals surface area contributed by atoms with Crippen LogP contribution in [0.25, 0.3) is 0 Å². The van der Waals surface area contributed by atoms with E-state index in [0.29, 0.717) is 6.42 Å². The second-order valence-corrected chi connectivity index (χ2v) is 6.65. The van der Waals surface area contributed by atoms with Crippen molar-refractivity contribution in [2.45, 2.75) is 24.3 Å². The topological polar surface area (TPSA) is 72.2 Å². The van der Waals surface area contributed by atoms with Gasteiger partial charge in [-0.2, -0.15) is 0 Å². The SMILES string of the molecule is CCC(NS(=O)(=O)c1cc(Cl)cc(Cl)c1)C(N)=S. The summed E-state index contributed by atoms with van der Waals surface area (Å²) in [4.78, 5) is 0.0731. The second-order valence-electron chi connectivity index (χ2n) is 3.59. The van der Waals surface area contributed by atoms with Crippen LogP contribution in [-0.4, -0.2) is 19.4 Å². The average Bonchev–Trinajstić information content (AvgIpc) is 2.24. The van der Waals surface area contributed by atoms with Crippen LogP contribution >= 0.6 is 35.4 Å². The Hall–Kier alpha value is -0.400. The molecule has 1 atom stereocenters. The molecule has 0 saturated carbocycles. The summed E-state index contributed by atoms with van der Waals surface area (Å²) in [5, 5.41) is 0.484. The van der Waals surface area contributed by atoms with Gasteiger partial charge < -0.3 is 5.73 Å². The van der Waals surface area contributed by atoms with Gasteiger partial charge in [-0.15, -0.1) is 0 Å². The molecule has 0 radical (unpaired) electrons. The van der Waals surface area contributed by atoms with Crippen molar-refractivity contribution in [3.05, 3.63) is 28.2 Å². The summed E-state index contributed by atoms with van der Waals surface area (Å²) in [6.45, 7) is 1.78. The number of hydrogen-bond donors (Lipinski definition) is 2. The normalized spacial score (nSPS) is 13.3. The Morgan fingerprint density at radius 1 is 1.39 bits per heavy atom. The van der Waals surface area contributed by atoms with E-state index in [1.807, 2.05) is 0 Å². The molecule has 0 spiro atoms. The first-order chi connectivity index (χ1) is 8.26. The van der Waals surface area contributed by atoms with Gasteiger partial charge in [-0.25, -0.2) is 13.1 Å². The summed E-state index contributed by atoms with van der Waals surface area (Å²) in [6, 6.07) is 3.47. The van der Waals surface area contributed by atoms with Gasteiger partial charge in [0.2, 0.25) is 10.0 Å². The molecule has 0 fully saturated rings. The third-order valence-electron chi connectivity index (χ3n) is 2.20. The monoisotopic (exact) mass is 326 g/mol. The number of sulfonamides is 1. The van der Waals surface area contributed by atoms with E-state index >= 15 is 0 Å². The van der Waals surface area contributed by atoms with Crippen LogP contribution in [-0.2, 0) is 10.0 Å². The van der Waals surface area contributed by atoms with Crippen LogP contribution in [0.5, 0.6) is 0 Å². The van der Waals surface area contributed by atoms with Crippen LogP contribution in [0.1, 0.15) is 13.3 Å². The van der Waals surface area contributed by atoms with Crippen molar-refractivity contribution >= 4 is 50.4 Å². The summed E-state index contributed by atoms with van der Waals surface area (Å²) >= 11 is 16.3. The molecule has 1 aromatic rings. The lowest BCUT2D eigenvalue weighted by atomic mass is 10.2. The minimum absolute atomic E-state index is 0.0188. The molecule has 0 heterocycles. The fraction of sp³-hybridized carbons (Fsp3) is 0.300. The Morgan fingerprint density at radius 3 is 2.28 bits per heavy atom. The summed E-state index contributed by atoms with van der Waals surface area (Å²) < 4.78 is 26.5. The number of halogens is 2. The Balaban J connectivity index is 3.10.